The van der Waals surface area contributed by atoms with Gasteiger partial charge in [-0.15, -0.1) is 0 Å². The van der Waals surface area contributed by atoms with Gasteiger partial charge in [-0.2, -0.15) is 0 Å². The van der Waals surface area contributed by atoms with E-state index >= 15 is 0 Å². The minimum atomic E-state index is -0.573. The summed E-state index contributed by atoms with van der Waals surface area (Å²) in [6.07, 6.45) is 1.69. The van der Waals surface area contributed by atoms with Crippen molar-refractivity contribution in [1.82, 2.24) is 5.43 Å². The van der Waals surface area contributed by atoms with Crippen molar-refractivity contribution in [3.8, 4) is 0 Å². The molecule has 104 valence electrons. The lowest BCUT2D eigenvalue weighted by atomic mass is 9.74. The first-order valence-electron chi connectivity index (χ1n) is 6.68. The molecule has 0 amide bonds. The van der Waals surface area contributed by atoms with Gasteiger partial charge in [0.25, 0.3) is 0 Å². The number of fused-ring (bicyclic) bond motifs is 1. The Morgan fingerprint density at radius 2 is 2.00 bits per heavy atom. The highest BCUT2D eigenvalue weighted by Gasteiger charge is 2.29. The lowest BCUT2D eigenvalue weighted by Crippen LogP contribution is -2.32. The first-order chi connectivity index (χ1) is 9.69. The highest BCUT2D eigenvalue weighted by Crippen LogP contribution is 2.40. The fraction of sp³-hybridized carbons (Fsp3) is 0.250. The van der Waals surface area contributed by atoms with Crippen molar-refractivity contribution < 1.29 is 8.78 Å². The number of hydrogen-bond acceptors (Lipinski definition) is 2. The summed E-state index contributed by atoms with van der Waals surface area (Å²) in [6.45, 7) is 0. The van der Waals surface area contributed by atoms with Crippen LogP contribution < -0.4 is 11.3 Å². The third-order valence-electron chi connectivity index (χ3n) is 4.02. The Kier molecular flexibility index (Phi) is 3.51. The molecule has 1 aliphatic carbocycles. The Labute approximate surface area is 116 Å². The van der Waals surface area contributed by atoms with Gasteiger partial charge in [-0.05, 0) is 36.0 Å². The quantitative estimate of drug-likeness (QED) is 0.663. The maximum Gasteiger partial charge on any atom is 0.130 e. The molecule has 0 radical (unpaired) electrons. The molecular weight excluding hydrogens is 258 g/mol. The SMILES string of the molecule is NNC(CC1Cc2ccccc21)c1ccc(F)cc1F. The minimum absolute atomic E-state index is 0.311. The molecule has 0 bridgehead atoms. The summed E-state index contributed by atoms with van der Waals surface area (Å²) < 4.78 is 26.8. The van der Waals surface area contributed by atoms with Gasteiger partial charge in [0, 0.05) is 17.7 Å². The maximum atomic E-state index is 13.8. The zero-order valence-corrected chi connectivity index (χ0v) is 10.9. The molecule has 0 saturated carbocycles. The number of benzene rings is 2. The van der Waals surface area contributed by atoms with E-state index in [9.17, 15) is 8.78 Å². The summed E-state index contributed by atoms with van der Waals surface area (Å²) in [6, 6.07) is 11.5. The standard InChI is InChI=1S/C16H16F2N2/c17-12-5-6-14(15(18)9-12)16(20-19)8-11-7-10-3-1-2-4-13(10)11/h1-6,9,11,16,20H,7-8,19H2. The second-order valence-corrected chi connectivity index (χ2v) is 5.22. The Hall–Kier alpha value is -1.78. The van der Waals surface area contributed by atoms with Crippen LogP contribution in [0.25, 0.3) is 0 Å². The summed E-state index contributed by atoms with van der Waals surface area (Å²) in [5.41, 5.74) is 5.70. The Bertz CT molecular complexity index is 628. The topological polar surface area (TPSA) is 38.0 Å². The highest BCUT2D eigenvalue weighted by molar-refractivity contribution is 5.40. The van der Waals surface area contributed by atoms with Crippen LogP contribution in [0.1, 0.15) is 35.1 Å². The lowest BCUT2D eigenvalue weighted by Gasteiger charge is -2.33. The molecule has 0 saturated heterocycles. The summed E-state index contributed by atoms with van der Waals surface area (Å²) in [4.78, 5) is 0. The summed E-state index contributed by atoms with van der Waals surface area (Å²) in [5.74, 6) is 4.79. The molecule has 20 heavy (non-hydrogen) atoms. The van der Waals surface area contributed by atoms with Crippen LogP contribution in [0, 0.1) is 11.6 Å². The van der Waals surface area contributed by atoms with E-state index in [-0.39, 0.29) is 6.04 Å². The Balaban J connectivity index is 1.79. The first-order valence-corrected chi connectivity index (χ1v) is 6.68. The number of hydrogen-bond donors (Lipinski definition) is 2. The van der Waals surface area contributed by atoms with Crippen LogP contribution in [0.5, 0.6) is 0 Å². The molecule has 0 aliphatic heterocycles. The smallest absolute Gasteiger partial charge is 0.130 e. The Morgan fingerprint density at radius 1 is 1.20 bits per heavy atom. The molecule has 4 heteroatoms. The normalized spacial score (nSPS) is 18.2. The van der Waals surface area contributed by atoms with E-state index < -0.39 is 11.6 Å². The Morgan fingerprint density at radius 3 is 2.70 bits per heavy atom. The van der Waals surface area contributed by atoms with Crippen molar-refractivity contribution >= 4 is 0 Å². The van der Waals surface area contributed by atoms with Crippen molar-refractivity contribution in [1.29, 1.82) is 0 Å². The zero-order chi connectivity index (χ0) is 14.1. The molecule has 2 aromatic rings. The summed E-state index contributed by atoms with van der Waals surface area (Å²) >= 11 is 0. The molecule has 3 N–H and O–H groups in total. The lowest BCUT2D eigenvalue weighted by molar-refractivity contribution is 0.420. The van der Waals surface area contributed by atoms with E-state index in [4.69, 9.17) is 5.84 Å². The van der Waals surface area contributed by atoms with Crippen LogP contribution in [0.3, 0.4) is 0 Å². The molecule has 0 aromatic heterocycles. The van der Waals surface area contributed by atoms with Crippen LogP contribution in [0.2, 0.25) is 0 Å². The van der Waals surface area contributed by atoms with E-state index in [0.29, 0.717) is 17.9 Å². The second kappa shape index (κ2) is 5.31. The van der Waals surface area contributed by atoms with Crippen molar-refractivity contribution in [3.63, 3.8) is 0 Å². The van der Waals surface area contributed by atoms with Gasteiger partial charge in [-0.25, -0.2) is 8.78 Å². The van der Waals surface area contributed by atoms with E-state index in [0.717, 1.165) is 12.5 Å². The van der Waals surface area contributed by atoms with Crippen LogP contribution >= 0.6 is 0 Å². The molecule has 3 rings (SSSR count). The zero-order valence-electron chi connectivity index (χ0n) is 10.9. The molecule has 0 spiro atoms. The molecular formula is C16H16F2N2. The molecule has 0 fully saturated rings. The van der Waals surface area contributed by atoms with Crippen molar-refractivity contribution in [2.24, 2.45) is 5.84 Å². The van der Waals surface area contributed by atoms with Gasteiger partial charge in [0.15, 0.2) is 0 Å². The van der Waals surface area contributed by atoms with Gasteiger partial charge in [0.1, 0.15) is 11.6 Å². The van der Waals surface area contributed by atoms with E-state index in [1.54, 1.807) is 0 Å². The first kappa shape index (κ1) is 13.2. The number of nitrogens with two attached hydrogens (primary N) is 1. The van der Waals surface area contributed by atoms with Gasteiger partial charge in [-0.1, -0.05) is 30.3 Å². The van der Waals surface area contributed by atoms with Gasteiger partial charge in [0.2, 0.25) is 0 Å². The molecule has 2 aromatic carbocycles. The van der Waals surface area contributed by atoms with Crippen LogP contribution in [0.15, 0.2) is 42.5 Å². The van der Waals surface area contributed by atoms with E-state index in [2.05, 4.69) is 17.6 Å². The van der Waals surface area contributed by atoms with Gasteiger partial charge < -0.3 is 0 Å². The summed E-state index contributed by atoms with van der Waals surface area (Å²) in [7, 11) is 0. The number of halogens is 2. The molecule has 1 aliphatic rings. The highest BCUT2D eigenvalue weighted by atomic mass is 19.1. The average molecular weight is 274 g/mol. The van der Waals surface area contributed by atoms with E-state index in [1.165, 1.54) is 23.3 Å². The molecule has 0 heterocycles. The fourth-order valence-corrected chi connectivity index (χ4v) is 2.93. The van der Waals surface area contributed by atoms with Crippen molar-refractivity contribution in [2.75, 3.05) is 0 Å². The van der Waals surface area contributed by atoms with E-state index in [1.807, 2.05) is 12.1 Å². The van der Waals surface area contributed by atoms with Crippen LogP contribution in [-0.2, 0) is 6.42 Å². The van der Waals surface area contributed by atoms with Gasteiger partial charge in [-0.3, -0.25) is 11.3 Å². The third kappa shape index (κ3) is 2.32. The third-order valence-corrected chi connectivity index (χ3v) is 4.02. The predicted molar refractivity (Wildman–Crippen MR) is 73.9 cm³/mol. The molecule has 2 nitrogen and oxygen atoms in total. The van der Waals surface area contributed by atoms with Gasteiger partial charge in [0.05, 0.1) is 0 Å². The predicted octanol–water partition coefficient (Wildman–Crippen LogP) is 3.20. The maximum absolute atomic E-state index is 13.8. The van der Waals surface area contributed by atoms with Crippen LogP contribution in [0.4, 0.5) is 8.78 Å². The van der Waals surface area contributed by atoms with Crippen LogP contribution in [-0.4, -0.2) is 0 Å². The largest absolute Gasteiger partial charge is 0.271 e. The number of nitrogens with one attached hydrogen (secondary N) is 1. The average Bonchev–Trinajstić information content (AvgIpc) is 2.41. The fourth-order valence-electron chi connectivity index (χ4n) is 2.93. The summed E-state index contributed by atoms with van der Waals surface area (Å²) in [5, 5.41) is 0. The van der Waals surface area contributed by atoms with Gasteiger partial charge >= 0.3 is 0 Å². The van der Waals surface area contributed by atoms with Crippen molar-refractivity contribution in [3.05, 3.63) is 70.8 Å². The molecule has 2 atom stereocenters. The van der Waals surface area contributed by atoms with Crippen molar-refractivity contribution in [2.45, 2.75) is 24.8 Å². The monoisotopic (exact) mass is 274 g/mol. The number of hydrazine groups is 1. The second-order valence-electron chi connectivity index (χ2n) is 5.22. The minimum Gasteiger partial charge on any atom is -0.271 e. The molecule has 2 unspecified atom stereocenters. The number of rotatable bonds is 4.